The monoisotopic (exact) mass is 286 g/mol. The lowest BCUT2D eigenvalue weighted by Crippen LogP contribution is -2.10. The van der Waals surface area contributed by atoms with Gasteiger partial charge in [-0.15, -0.1) is 0 Å². The summed E-state index contributed by atoms with van der Waals surface area (Å²) in [6.07, 6.45) is 2.04. The average Bonchev–Trinajstić information content (AvgIpc) is 2.36. The molecule has 19 heavy (non-hydrogen) atoms. The molecular weight excluding hydrogens is 268 g/mol. The summed E-state index contributed by atoms with van der Waals surface area (Å²) in [6.45, 7) is 3.69. The van der Waals surface area contributed by atoms with Crippen molar-refractivity contribution in [2.75, 3.05) is 19.8 Å². The maximum absolute atomic E-state index is 10.7. The standard InChI is InChI=1S/C14H19ClO4/c1-2-3-6-18-7-8-19-13-10-12(15)5-4-11(13)9-14(16)17/h4-5,10H,2-3,6-9H2,1H3,(H,16,17). The number of unbranched alkanes of at least 4 members (excludes halogenated alkanes) is 1. The predicted octanol–water partition coefficient (Wildman–Crippen LogP) is 3.16. The van der Waals surface area contributed by atoms with Crippen molar-refractivity contribution in [1.29, 1.82) is 0 Å². The van der Waals surface area contributed by atoms with Gasteiger partial charge in [-0.05, 0) is 18.6 Å². The second-order valence-corrected chi connectivity index (χ2v) is 4.57. The van der Waals surface area contributed by atoms with Gasteiger partial charge >= 0.3 is 5.97 Å². The summed E-state index contributed by atoms with van der Waals surface area (Å²) in [5.74, 6) is -0.389. The lowest BCUT2D eigenvalue weighted by Gasteiger charge is -2.11. The summed E-state index contributed by atoms with van der Waals surface area (Å²) < 4.78 is 10.9. The van der Waals surface area contributed by atoms with Crippen LogP contribution < -0.4 is 4.74 Å². The molecule has 0 heterocycles. The summed E-state index contributed by atoms with van der Waals surface area (Å²) >= 11 is 5.88. The number of carbonyl (C=O) groups is 1. The Kier molecular flexibility index (Phi) is 7.30. The summed E-state index contributed by atoms with van der Waals surface area (Å²) in [6, 6.07) is 4.96. The summed E-state index contributed by atoms with van der Waals surface area (Å²) in [5.41, 5.74) is 0.616. The molecule has 4 nitrogen and oxygen atoms in total. The van der Waals surface area contributed by atoms with Crippen LogP contribution in [0.15, 0.2) is 18.2 Å². The molecule has 0 aliphatic heterocycles. The van der Waals surface area contributed by atoms with Crippen molar-refractivity contribution < 1.29 is 19.4 Å². The van der Waals surface area contributed by atoms with Crippen molar-refractivity contribution in [2.45, 2.75) is 26.2 Å². The van der Waals surface area contributed by atoms with Crippen molar-refractivity contribution in [1.82, 2.24) is 0 Å². The fourth-order valence-electron chi connectivity index (χ4n) is 1.53. The molecule has 0 amide bonds. The number of aliphatic carboxylic acids is 1. The second-order valence-electron chi connectivity index (χ2n) is 4.14. The first-order valence-corrected chi connectivity index (χ1v) is 6.72. The Morgan fingerprint density at radius 3 is 2.79 bits per heavy atom. The Bertz CT molecular complexity index is 406. The van der Waals surface area contributed by atoms with Crippen LogP contribution in [0.1, 0.15) is 25.3 Å². The van der Waals surface area contributed by atoms with E-state index < -0.39 is 5.97 Å². The third-order valence-corrected chi connectivity index (χ3v) is 2.73. The number of carboxylic acid groups (broad SMARTS) is 1. The van der Waals surface area contributed by atoms with Crippen LogP contribution >= 0.6 is 11.6 Å². The average molecular weight is 287 g/mol. The number of carboxylic acids is 1. The van der Waals surface area contributed by atoms with Crippen molar-refractivity contribution in [2.24, 2.45) is 0 Å². The van der Waals surface area contributed by atoms with Crippen LogP contribution in [-0.2, 0) is 16.0 Å². The minimum Gasteiger partial charge on any atom is -0.491 e. The molecule has 0 fully saturated rings. The highest BCUT2D eigenvalue weighted by Crippen LogP contribution is 2.24. The molecule has 0 aromatic heterocycles. The largest absolute Gasteiger partial charge is 0.491 e. The Morgan fingerprint density at radius 2 is 2.11 bits per heavy atom. The van der Waals surface area contributed by atoms with Gasteiger partial charge in [-0.3, -0.25) is 4.79 Å². The Hall–Kier alpha value is -1.26. The van der Waals surface area contributed by atoms with E-state index in [4.69, 9.17) is 26.2 Å². The quantitative estimate of drug-likeness (QED) is 0.709. The molecule has 0 aliphatic carbocycles. The smallest absolute Gasteiger partial charge is 0.307 e. The highest BCUT2D eigenvalue weighted by atomic mass is 35.5. The van der Waals surface area contributed by atoms with E-state index in [-0.39, 0.29) is 6.42 Å². The van der Waals surface area contributed by atoms with E-state index in [9.17, 15) is 4.79 Å². The molecule has 0 saturated heterocycles. The topological polar surface area (TPSA) is 55.8 Å². The number of halogens is 1. The van der Waals surface area contributed by atoms with E-state index in [1.807, 2.05) is 0 Å². The lowest BCUT2D eigenvalue weighted by molar-refractivity contribution is -0.136. The lowest BCUT2D eigenvalue weighted by atomic mass is 10.1. The van der Waals surface area contributed by atoms with E-state index in [0.717, 1.165) is 19.4 Å². The summed E-state index contributed by atoms with van der Waals surface area (Å²) in [5, 5.41) is 9.34. The van der Waals surface area contributed by atoms with Gasteiger partial charge in [-0.1, -0.05) is 31.0 Å². The van der Waals surface area contributed by atoms with Gasteiger partial charge in [0.15, 0.2) is 0 Å². The third-order valence-electron chi connectivity index (χ3n) is 2.50. The first-order valence-electron chi connectivity index (χ1n) is 6.34. The highest BCUT2D eigenvalue weighted by Gasteiger charge is 2.08. The van der Waals surface area contributed by atoms with Crippen LogP contribution in [0.25, 0.3) is 0 Å². The van der Waals surface area contributed by atoms with Crippen LogP contribution in [0.4, 0.5) is 0 Å². The van der Waals surface area contributed by atoms with Crippen molar-refractivity contribution in [3.8, 4) is 5.75 Å². The van der Waals surface area contributed by atoms with E-state index in [2.05, 4.69) is 6.92 Å². The van der Waals surface area contributed by atoms with Gasteiger partial charge in [0, 0.05) is 17.2 Å². The number of benzene rings is 1. The molecule has 1 aromatic carbocycles. The van der Waals surface area contributed by atoms with Crippen molar-refractivity contribution >= 4 is 17.6 Å². The molecule has 106 valence electrons. The highest BCUT2D eigenvalue weighted by molar-refractivity contribution is 6.30. The van der Waals surface area contributed by atoms with Gasteiger partial charge in [-0.25, -0.2) is 0 Å². The number of hydrogen-bond acceptors (Lipinski definition) is 3. The Morgan fingerprint density at radius 1 is 1.32 bits per heavy atom. The van der Waals surface area contributed by atoms with Gasteiger partial charge in [0.05, 0.1) is 13.0 Å². The number of ether oxygens (including phenoxy) is 2. The van der Waals surface area contributed by atoms with E-state index >= 15 is 0 Å². The van der Waals surface area contributed by atoms with Crippen LogP contribution in [0.2, 0.25) is 5.02 Å². The molecule has 1 N–H and O–H groups in total. The number of hydrogen-bond donors (Lipinski definition) is 1. The summed E-state index contributed by atoms with van der Waals surface area (Å²) in [4.78, 5) is 10.7. The minimum atomic E-state index is -0.897. The summed E-state index contributed by atoms with van der Waals surface area (Å²) in [7, 11) is 0. The second kappa shape index (κ2) is 8.77. The van der Waals surface area contributed by atoms with Crippen LogP contribution in [0.3, 0.4) is 0 Å². The molecule has 0 saturated carbocycles. The first kappa shape index (κ1) is 15.8. The molecular formula is C14H19ClO4. The molecule has 0 unspecified atom stereocenters. The SMILES string of the molecule is CCCCOCCOc1cc(Cl)ccc1CC(=O)O. The zero-order valence-electron chi connectivity index (χ0n) is 11.0. The Balaban J connectivity index is 2.46. The Labute approximate surface area is 118 Å². The van der Waals surface area contributed by atoms with Crippen LogP contribution in [0.5, 0.6) is 5.75 Å². The molecule has 0 radical (unpaired) electrons. The van der Waals surface area contributed by atoms with Gasteiger partial charge < -0.3 is 14.6 Å². The van der Waals surface area contributed by atoms with Gasteiger partial charge in [0.1, 0.15) is 12.4 Å². The fourth-order valence-corrected chi connectivity index (χ4v) is 1.69. The van der Waals surface area contributed by atoms with Gasteiger partial charge in [0.2, 0.25) is 0 Å². The zero-order valence-corrected chi connectivity index (χ0v) is 11.8. The molecule has 5 heteroatoms. The van der Waals surface area contributed by atoms with Crippen LogP contribution in [-0.4, -0.2) is 30.9 Å². The normalized spacial score (nSPS) is 10.4. The zero-order chi connectivity index (χ0) is 14.1. The fraction of sp³-hybridized carbons (Fsp3) is 0.500. The minimum absolute atomic E-state index is 0.0802. The van der Waals surface area contributed by atoms with Crippen molar-refractivity contribution in [3.63, 3.8) is 0 Å². The maximum atomic E-state index is 10.7. The predicted molar refractivity (Wildman–Crippen MR) is 74.0 cm³/mol. The van der Waals surface area contributed by atoms with E-state index in [1.165, 1.54) is 0 Å². The van der Waals surface area contributed by atoms with Gasteiger partial charge in [-0.2, -0.15) is 0 Å². The molecule has 1 rings (SSSR count). The van der Waals surface area contributed by atoms with Crippen molar-refractivity contribution in [3.05, 3.63) is 28.8 Å². The molecule has 0 aliphatic rings. The van der Waals surface area contributed by atoms with E-state index in [1.54, 1.807) is 18.2 Å². The third kappa shape index (κ3) is 6.45. The molecule has 1 aromatic rings. The van der Waals surface area contributed by atoms with Gasteiger partial charge in [0.25, 0.3) is 0 Å². The van der Waals surface area contributed by atoms with E-state index in [0.29, 0.717) is 29.5 Å². The van der Waals surface area contributed by atoms with Crippen LogP contribution in [0, 0.1) is 0 Å². The molecule has 0 atom stereocenters. The first-order chi connectivity index (χ1) is 9.13. The molecule has 0 bridgehead atoms. The number of rotatable bonds is 9. The molecule has 0 spiro atoms. The maximum Gasteiger partial charge on any atom is 0.307 e.